The second kappa shape index (κ2) is 10.7. The monoisotopic (exact) mass is 488 g/mol. The Balaban J connectivity index is 2.12. The van der Waals surface area contributed by atoms with Crippen LogP contribution in [-0.2, 0) is 16.0 Å². The van der Waals surface area contributed by atoms with Gasteiger partial charge in [-0.1, -0.05) is 23.8 Å². The van der Waals surface area contributed by atoms with Gasteiger partial charge in [0.2, 0.25) is 0 Å². The van der Waals surface area contributed by atoms with Gasteiger partial charge in [-0.2, -0.15) is 4.99 Å². The maximum Gasteiger partial charge on any atom is 0.341 e. The number of aromatic nitrogens is 3. The molecule has 0 unspecified atom stereocenters. The van der Waals surface area contributed by atoms with Crippen LogP contribution in [0.15, 0.2) is 58.4 Å². The molecule has 4 aromatic rings. The average Bonchev–Trinajstić information content (AvgIpc) is 2.86. The highest BCUT2D eigenvalue weighted by molar-refractivity contribution is 5.97. The van der Waals surface area contributed by atoms with Crippen LogP contribution >= 0.6 is 0 Å². The molecule has 0 atom stereocenters. The lowest BCUT2D eigenvalue weighted by Crippen LogP contribution is -2.33. The highest BCUT2D eigenvalue weighted by atomic mass is 16.5. The van der Waals surface area contributed by atoms with E-state index in [2.05, 4.69) is 4.99 Å². The Labute approximate surface area is 207 Å². The molecule has 3 heterocycles. The Kier molecular flexibility index (Phi) is 7.40. The number of rotatable bonds is 7. The van der Waals surface area contributed by atoms with Gasteiger partial charge in [-0.05, 0) is 57.0 Å². The number of nitrogens with zero attached hydrogens (tertiary/aromatic N) is 4. The fourth-order valence-electron chi connectivity index (χ4n) is 4.08. The summed E-state index contributed by atoms with van der Waals surface area (Å²) < 4.78 is 13.6. The lowest BCUT2D eigenvalue weighted by atomic mass is 10.1. The average molecular weight is 489 g/mol. The maximum absolute atomic E-state index is 13.5. The minimum Gasteiger partial charge on any atom is -0.462 e. The van der Waals surface area contributed by atoms with Gasteiger partial charge in [0, 0.05) is 32.0 Å². The number of amides is 1. The Morgan fingerprint density at radius 3 is 2.61 bits per heavy atom. The first-order chi connectivity index (χ1) is 17.3. The van der Waals surface area contributed by atoms with E-state index in [1.54, 1.807) is 49.1 Å². The van der Waals surface area contributed by atoms with E-state index in [1.807, 2.05) is 26.0 Å². The zero-order valence-electron chi connectivity index (χ0n) is 20.8. The van der Waals surface area contributed by atoms with Gasteiger partial charge >= 0.3 is 5.97 Å². The molecule has 0 aliphatic rings. The van der Waals surface area contributed by atoms with Crippen molar-refractivity contribution < 1.29 is 19.1 Å². The smallest absolute Gasteiger partial charge is 0.341 e. The minimum absolute atomic E-state index is 0.0225. The zero-order valence-corrected chi connectivity index (χ0v) is 20.8. The van der Waals surface area contributed by atoms with Crippen molar-refractivity contribution >= 4 is 28.6 Å². The summed E-state index contributed by atoms with van der Waals surface area (Å²) in [5, 5.41) is 0.223. The molecular weight excluding hydrogens is 460 g/mol. The Hall–Kier alpha value is -4.11. The van der Waals surface area contributed by atoms with Crippen LogP contribution in [0, 0.1) is 13.8 Å². The van der Waals surface area contributed by atoms with Crippen molar-refractivity contribution in [2.24, 2.45) is 4.99 Å². The molecule has 0 N–H and O–H groups in total. The third-order valence-electron chi connectivity index (χ3n) is 5.80. The Morgan fingerprint density at radius 2 is 1.89 bits per heavy atom. The molecular formula is C27H28N4O5. The number of benzene rings is 1. The molecule has 0 saturated heterocycles. The van der Waals surface area contributed by atoms with Crippen molar-refractivity contribution in [2.45, 2.75) is 33.7 Å². The summed E-state index contributed by atoms with van der Waals surface area (Å²) in [6.07, 6.45) is 2.18. The summed E-state index contributed by atoms with van der Waals surface area (Å²) in [7, 11) is 1.59. The van der Waals surface area contributed by atoms with Gasteiger partial charge in [0.05, 0.1) is 12.0 Å². The van der Waals surface area contributed by atoms with E-state index in [0.717, 1.165) is 11.1 Å². The molecule has 0 bridgehead atoms. The van der Waals surface area contributed by atoms with E-state index >= 15 is 0 Å². The normalized spacial score (nSPS) is 11.8. The lowest BCUT2D eigenvalue weighted by Gasteiger charge is -2.15. The highest BCUT2D eigenvalue weighted by Gasteiger charge is 2.20. The first-order valence-electron chi connectivity index (χ1n) is 11.7. The first-order valence-corrected chi connectivity index (χ1v) is 11.7. The van der Waals surface area contributed by atoms with Crippen LogP contribution in [-0.4, -0.2) is 46.2 Å². The number of carbonyl (C=O) groups is 2. The fraction of sp³-hybridized carbons (Fsp3) is 0.296. The molecule has 0 radical (unpaired) electrons. The van der Waals surface area contributed by atoms with E-state index in [0.29, 0.717) is 36.4 Å². The van der Waals surface area contributed by atoms with Gasteiger partial charge < -0.3 is 14.0 Å². The molecule has 4 rings (SSSR count). The molecule has 0 fully saturated rings. The number of esters is 1. The lowest BCUT2D eigenvalue weighted by molar-refractivity contribution is 0.0523. The van der Waals surface area contributed by atoms with E-state index in [9.17, 15) is 14.4 Å². The van der Waals surface area contributed by atoms with Gasteiger partial charge in [0.1, 0.15) is 16.9 Å². The van der Waals surface area contributed by atoms with Gasteiger partial charge in [-0.25, -0.2) is 9.78 Å². The molecule has 186 valence electrons. The number of pyridine rings is 2. The van der Waals surface area contributed by atoms with Crippen molar-refractivity contribution in [1.29, 1.82) is 0 Å². The van der Waals surface area contributed by atoms with Gasteiger partial charge in [-0.3, -0.25) is 14.0 Å². The van der Waals surface area contributed by atoms with E-state index < -0.39 is 11.9 Å². The van der Waals surface area contributed by atoms with Crippen LogP contribution < -0.4 is 11.0 Å². The quantitative estimate of drug-likeness (QED) is 0.225. The van der Waals surface area contributed by atoms with E-state index in [-0.39, 0.29) is 28.6 Å². The summed E-state index contributed by atoms with van der Waals surface area (Å²) >= 11 is 0. The summed E-state index contributed by atoms with van der Waals surface area (Å²) in [5.41, 5.74) is 2.69. The molecule has 0 aliphatic carbocycles. The van der Waals surface area contributed by atoms with Crippen molar-refractivity contribution in [3.63, 3.8) is 0 Å². The molecule has 1 aromatic carbocycles. The summed E-state index contributed by atoms with van der Waals surface area (Å²) in [5.74, 6) is -1.19. The van der Waals surface area contributed by atoms with E-state index in [1.165, 1.54) is 10.5 Å². The standard InChI is InChI=1S/C27H28N4O5/c1-5-36-27(34)21-16-20-23(28-22-18(3)10-7-12-31(22)26(20)33)30(13-8-14-35-4)24(21)29-25(32)19-11-6-9-17(2)15-19/h6-7,9-12,15-16H,5,8,13-14H2,1-4H3. The molecule has 0 aliphatic heterocycles. The largest absolute Gasteiger partial charge is 0.462 e. The number of methoxy groups -OCH3 is 1. The molecule has 3 aromatic heterocycles. The number of fused-ring (bicyclic) bond motifs is 2. The van der Waals surface area contributed by atoms with Crippen molar-refractivity contribution in [3.8, 4) is 0 Å². The van der Waals surface area contributed by atoms with Crippen molar-refractivity contribution in [3.05, 3.63) is 86.8 Å². The molecule has 0 spiro atoms. The predicted molar refractivity (Wildman–Crippen MR) is 135 cm³/mol. The van der Waals surface area contributed by atoms with Gasteiger partial charge in [-0.15, -0.1) is 0 Å². The number of carbonyl (C=O) groups excluding carboxylic acids is 2. The number of aryl methyl sites for hydroxylation is 3. The molecule has 1 amide bonds. The molecule has 36 heavy (non-hydrogen) atoms. The van der Waals surface area contributed by atoms with Crippen LogP contribution in [0.5, 0.6) is 0 Å². The van der Waals surface area contributed by atoms with Crippen molar-refractivity contribution in [1.82, 2.24) is 14.0 Å². The zero-order chi connectivity index (χ0) is 25.8. The maximum atomic E-state index is 13.5. The third-order valence-corrected chi connectivity index (χ3v) is 5.80. The van der Waals surface area contributed by atoms with Crippen LogP contribution in [0.2, 0.25) is 0 Å². The highest BCUT2D eigenvalue weighted by Crippen LogP contribution is 2.14. The van der Waals surface area contributed by atoms with Gasteiger partial charge in [0.25, 0.3) is 11.5 Å². The Bertz CT molecular complexity index is 1600. The molecule has 9 nitrogen and oxygen atoms in total. The van der Waals surface area contributed by atoms with Crippen LogP contribution in [0.4, 0.5) is 0 Å². The second-order valence-electron chi connectivity index (χ2n) is 8.43. The first kappa shape index (κ1) is 25.0. The van der Waals surface area contributed by atoms with Crippen molar-refractivity contribution in [2.75, 3.05) is 20.3 Å². The number of hydrogen-bond acceptors (Lipinski definition) is 6. The van der Waals surface area contributed by atoms with Crippen LogP contribution in [0.3, 0.4) is 0 Å². The topological polar surface area (TPSA) is 104 Å². The molecule has 9 heteroatoms. The second-order valence-corrected chi connectivity index (χ2v) is 8.43. The third kappa shape index (κ3) is 4.83. The molecule has 0 saturated carbocycles. The summed E-state index contributed by atoms with van der Waals surface area (Å²) in [6, 6.07) is 12.1. The SMILES string of the molecule is CCOC(=O)c1cc2c(=O)n3cccc(C)c3nc2n(CCCOC)c1=NC(=O)c1cccc(C)c1. The summed E-state index contributed by atoms with van der Waals surface area (Å²) in [4.78, 5) is 48.9. The number of hydrogen-bond donors (Lipinski definition) is 0. The van der Waals surface area contributed by atoms with Crippen LogP contribution in [0.25, 0.3) is 16.7 Å². The van der Waals surface area contributed by atoms with Crippen LogP contribution in [0.1, 0.15) is 45.2 Å². The van der Waals surface area contributed by atoms with Gasteiger partial charge in [0.15, 0.2) is 5.49 Å². The minimum atomic E-state index is -0.676. The number of ether oxygens (including phenoxy) is 2. The predicted octanol–water partition coefficient (Wildman–Crippen LogP) is 3.22. The Morgan fingerprint density at radius 1 is 1.08 bits per heavy atom. The van der Waals surface area contributed by atoms with E-state index in [4.69, 9.17) is 14.5 Å². The fourth-order valence-corrected chi connectivity index (χ4v) is 4.08. The summed E-state index contributed by atoms with van der Waals surface area (Å²) in [6.45, 7) is 6.29.